The van der Waals surface area contributed by atoms with Gasteiger partial charge in [0, 0.05) is 24.7 Å². The second kappa shape index (κ2) is 11.0. The van der Waals surface area contributed by atoms with Crippen molar-refractivity contribution < 1.29 is 19.0 Å². The minimum atomic E-state index is -0.297. The average molecular weight is 463 g/mol. The third kappa shape index (κ3) is 6.60. The van der Waals surface area contributed by atoms with E-state index >= 15 is 0 Å². The summed E-state index contributed by atoms with van der Waals surface area (Å²) in [5, 5.41) is 6.36. The molecule has 2 rings (SSSR count). The molecule has 140 valence electrons. The standard InChI is InChI=1S/C17H25N3O4.HI/c1-4-18-17(19-11-12(2)16(21)22-3)20-13-6-7-14-15(10-13)24-9-5-8-23-14;/h6-7,10,12H,4-5,8-9,11H2,1-3H3,(H2,18,19,20);1H. The van der Waals surface area contributed by atoms with Gasteiger partial charge >= 0.3 is 5.97 Å². The second-order valence-electron chi connectivity index (χ2n) is 5.48. The number of hydrogen-bond donors (Lipinski definition) is 2. The van der Waals surface area contributed by atoms with Crippen molar-refractivity contribution >= 4 is 41.6 Å². The third-order valence-corrected chi connectivity index (χ3v) is 3.48. The van der Waals surface area contributed by atoms with Crippen molar-refractivity contribution in [3.05, 3.63) is 18.2 Å². The number of carbonyl (C=O) groups excluding carboxylic acids is 1. The lowest BCUT2D eigenvalue weighted by Crippen LogP contribution is -2.31. The van der Waals surface area contributed by atoms with Crippen LogP contribution in [0.2, 0.25) is 0 Å². The molecule has 0 spiro atoms. The summed E-state index contributed by atoms with van der Waals surface area (Å²) in [6, 6.07) is 5.67. The van der Waals surface area contributed by atoms with E-state index in [9.17, 15) is 4.79 Å². The van der Waals surface area contributed by atoms with Crippen molar-refractivity contribution in [2.75, 3.05) is 38.7 Å². The van der Waals surface area contributed by atoms with Crippen LogP contribution in [0.15, 0.2) is 23.2 Å². The number of methoxy groups -OCH3 is 1. The quantitative estimate of drug-likeness (QED) is 0.303. The van der Waals surface area contributed by atoms with Gasteiger partial charge in [0.15, 0.2) is 17.5 Å². The lowest BCUT2D eigenvalue weighted by atomic mass is 10.2. The van der Waals surface area contributed by atoms with Crippen molar-refractivity contribution in [1.82, 2.24) is 5.32 Å². The Morgan fingerprint density at radius 1 is 1.32 bits per heavy atom. The molecule has 0 radical (unpaired) electrons. The molecule has 1 unspecified atom stereocenters. The molecule has 0 amide bonds. The molecule has 1 aromatic carbocycles. The highest BCUT2D eigenvalue weighted by Gasteiger charge is 2.14. The summed E-state index contributed by atoms with van der Waals surface area (Å²) in [6.07, 6.45) is 0.868. The Bertz CT molecular complexity index is 595. The number of hydrogen-bond acceptors (Lipinski definition) is 5. The number of nitrogens with one attached hydrogen (secondary N) is 2. The molecule has 0 aliphatic carbocycles. The summed E-state index contributed by atoms with van der Waals surface area (Å²) in [6.45, 7) is 6.12. The number of fused-ring (bicyclic) bond motifs is 1. The maximum Gasteiger partial charge on any atom is 0.310 e. The van der Waals surface area contributed by atoms with E-state index in [1.807, 2.05) is 25.1 Å². The maximum atomic E-state index is 11.5. The molecular weight excluding hydrogens is 437 g/mol. The van der Waals surface area contributed by atoms with Gasteiger partial charge in [-0.3, -0.25) is 9.79 Å². The molecule has 1 aliphatic heterocycles. The molecule has 0 bridgehead atoms. The van der Waals surface area contributed by atoms with E-state index in [4.69, 9.17) is 14.2 Å². The first-order valence-electron chi connectivity index (χ1n) is 8.16. The fourth-order valence-electron chi connectivity index (χ4n) is 2.19. The Balaban J connectivity index is 0.00000312. The third-order valence-electron chi connectivity index (χ3n) is 3.48. The number of rotatable bonds is 5. The van der Waals surface area contributed by atoms with Crippen molar-refractivity contribution in [3.8, 4) is 11.5 Å². The van der Waals surface area contributed by atoms with Gasteiger partial charge in [0.1, 0.15) is 0 Å². The monoisotopic (exact) mass is 463 g/mol. The van der Waals surface area contributed by atoms with Gasteiger partial charge in [-0.25, -0.2) is 0 Å². The first kappa shape index (κ1) is 21.3. The van der Waals surface area contributed by atoms with Crippen molar-refractivity contribution in [3.63, 3.8) is 0 Å². The molecule has 1 atom stereocenters. The largest absolute Gasteiger partial charge is 0.490 e. The van der Waals surface area contributed by atoms with Gasteiger partial charge < -0.3 is 24.8 Å². The topological polar surface area (TPSA) is 81.2 Å². The fourth-order valence-corrected chi connectivity index (χ4v) is 2.19. The number of guanidine groups is 1. The highest BCUT2D eigenvalue weighted by molar-refractivity contribution is 14.0. The van der Waals surface area contributed by atoms with Crippen LogP contribution in [0.3, 0.4) is 0 Å². The van der Waals surface area contributed by atoms with Gasteiger partial charge in [-0.15, -0.1) is 24.0 Å². The number of benzene rings is 1. The van der Waals surface area contributed by atoms with Gasteiger partial charge in [-0.05, 0) is 19.1 Å². The Morgan fingerprint density at radius 3 is 2.72 bits per heavy atom. The van der Waals surface area contributed by atoms with Crippen LogP contribution < -0.4 is 20.1 Å². The Labute approximate surface area is 165 Å². The SMILES string of the molecule is CCNC(=NCC(C)C(=O)OC)Nc1ccc2c(c1)OCCCO2.I. The van der Waals surface area contributed by atoms with Crippen LogP contribution in [0.4, 0.5) is 5.69 Å². The predicted molar refractivity (Wildman–Crippen MR) is 108 cm³/mol. The molecule has 7 nitrogen and oxygen atoms in total. The van der Waals surface area contributed by atoms with Crippen molar-refractivity contribution in [1.29, 1.82) is 0 Å². The molecule has 0 saturated heterocycles. The van der Waals surface area contributed by atoms with Crippen LogP contribution in [0.5, 0.6) is 11.5 Å². The van der Waals surface area contributed by atoms with Gasteiger partial charge in [-0.1, -0.05) is 6.92 Å². The van der Waals surface area contributed by atoms with E-state index in [1.54, 1.807) is 6.92 Å². The van der Waals surface area contributed by atoms with Crippen LogP contribution in [0.1, 0.15) is 20.3 Å². The number of nitrogens with zero attached hydrogens (tertiary/aromatic N) is 1. The van der Waals surface area contributed by atoms with Crippen molar-refractivity contribution in [2.24, 2.45) is 10.9 Å². The summed E-state index contributed by atoms with van der Waals surface area (Å²) < 4.78 is 16.0. The molecule has 1 heterocycles. The summed E-state index contributed by atoms with van der Waals surface area (Å²) >= 11 is 0. The van der Waals surface area contributed by atoms with E-state index < -0.39 is 0 Å². The molecule has 1 aliphatic rings. The van der Waals surface area contributed by atoms with E-state index in [1.165, 1.54) is 7.11 Å². The number of aliphatic imine (C=N–C) groups is 1. The minimum Gasteiger partial charge on any atom is -0.490 e. The number of carbonyl (C=O) groups is 1. The molecular formula is C17H26IN3O4. The zero-order valence-corrected chi connectivity index (χ0v) is 17.2. The van der Waals surface area contributed by atoms with Crippen molar-refractivity contribution in [2.45, 2.75) is 20.3 Å². The zero-order chi connectivity index (χ0) is 17.4. The Morgan fingerprint density at radius 2 is 2.04 bits per heavy atom. The average Bonchev–Trinajstić information content (AvgIpc) is 2.83. The highest BCUT2D eigenvalue weighted by atomic mass is 127. The van der Waals surface area contributed by atoms with Gasteiger partial charge in [-0.2, -0.15) is 0 Å². The predicted octanol–water partition coefficient (Wildman–Crippen LogP) is 2.65. The zero-order valence-electron chi connectivity index (χ0n) is 14.8. The second-order valence-corrected chi connectivity index (χ2v) is 5.48. The van der Waals surface area contributed by atoms with E-state index in [0.29, 0.717) is 32.3 Å². The maximum absolute atomic E-state index is 11.5. The lowest BCUT2D eigenvalue weighted by Gasteiger charge is -2.14. The molecule has 2 N–H and O–H groups in total. The van der Waals surface area contributed by atoms with Crippen LogP contribution in [-0.2, 0) is 9.53 Å². The first-order valence-corrected chi connectivity index (χ1v) is 8.16. The van der Waals surface area contributed by atoms with Crippen LogP contribution in [0.25, 0.3) is 0 Å². The van der Waals surface area contributed by atoms with Gasteiger partial charge in [0.2, 0.25) is 0 Å². The smallest absolute Gasteiger partial charge is 0.310 e. The number of ether oxygens (including phenoxy) is 3. The van der Waals surface area contributed by atoms with E-state index in [0.717, 1.165) is 23.6 Å². The van der Waals surface area contributed by atoms with Crippen LogP contribution >= 0.6 is 24.0 Å². The molecule has 0 aromatic heterocycles. The molecule has 8 heteroatoms. The van der Waals surface area contributed by atoms with E-state index in [2.05, 4.69) is 15.6 Å². The number of halogens is 1. The van der Waals surface area contributed by atoms with Crippen LogP contribution in [-0.4, -0.2) is 45.3 Å². The summed E-state index contributed by atoms with van der Waals surface area (Å²) in [7, 11) is 1.38. The first-order chi connectivity index (χ1) is 11.6. The van der Waals surface area contributed by atoms with Gasteiger partial charge in [0.25, 0.3) is 0 Å². The normalized spacial score (nSPS) is 14.6. The Hall–Kier alpha value is -1.71. The minimum absolute atomic E-state index is 0. The van der Waals surface area contributed by atoms with Gasteiger partial charge in [0.05, 0.1) is 32.8 Å². The number of esters is 1. The summed E-state index contributed by atoms with van der Waals surface area (Å²) in [5.74, 6) is 1.50. The molecule has 0 fully saturated rings. The summed E-state index contributed by atoms with van der Waals surface area (Å²) in [4.78, 5) is 15.9. The fraction of sp³-hybridized carbons (Fsp3) is 0.529. The molecule has 25 heavy (non-hydrogen) atoms. The van der Waals surface area contributed by atoms with Crippen LogP contribution in [0, 0.1) is 5.92 Å². The van der Waals surface area contributed by atoms with E-state index in [-0.39, 0.29) is 35.9 Å². The molecule has 0 saturated carbocycles. The highest BCUT2D eigenvalue weighted by Crippen LogP contribution is 2.32. The molecule has 1 aromatic rings. The number of anilines is 1. The Kier molecular flexibility index (Phi) is 9.40. The lowest BCUT2D eigenvalue weighted by molar-refractivity contribution is -0.144. The summed E-state index contributed by atoms with van der Waals surface area (Å²) in [5.41, 5.74) is 0.838.